The second-order valence-corrected chi connectivity index (χ2v) is 6.40. The highest BCUT2D eigenvalue weighted by Gasteiger charge is 2.19. The van der Waals surface area contributed by atoms with E-state index in [1.807, 2.05) is 46.8 Å². The molecule has 0 heterocycles. The minimum absolute atomic E-state index is 0.297. The van der Waals surface area contributed by atoms with Crippen molar-refractivity contribution in [1.82, 2.24) is 0 Å². The molecule has 5 nitrogen and oxygen atoms in total. The van der Waals surface area contributed by atoms with E-state index in [9.17, 15) is 4.79 Å². The molecule has 1 N–H and O–H groups in total. The van der Waals surface area contributed by atoms with E-state index in [0.29, 0.717) is 53.3 Å². The molecular formula is C21H26ClNO4. The van der Waals surface area contributed by atoms with Crippen LogP contribution in [0.25, 0.3) is 0 Å². The van der Waals surface area contributed by atoms with Crippen LogP contribution in [0.1, 0.15) is 42.3 Å². The van der Waals surface area contributed by atoms with E-state index in [4.69, 9.17) is 25.8 Å². The van der Waals surface area contributed by atoms with Gasteiger partial charge in [0, 0.05) is 5.56 Å². The Bertz CT molecular complexity index is 770. The quantitative estimate of drug-likeness (QED) is 0.654. The number of ether oxygens (including phenoxy) is 3. The topological polar surface area (TPSA) is 56.8 Å². The first kappa shape index (κ1) is 20.9. The number of carbonyl (C=O) groups excluding carboxylic acids is 1. The van der Waals surface area contributed by atoms with Gasteiger partial charge in [-0.1, -0.05) is 17.7 Å². The molecule has 0 unspecified atom stereocenters. The number of benzene rings is 2. The zero-order valence-corrected chi connectivity index (χ0v) is 17.2. The molecule has 146 valence electrons. The fourth-order valence-electron chi connectivity index (χ4n) is 2.78. The molecule has 0 saturated carbocycles. The first-order valence-electron chi connectivity index (χ1n) is 9.05. The summed E-state index contributed by atoms with van der Waals surface area (Å²) in [5.41, 5.74) is 2.93. The Balaban J connectivity index is 2.43. The molecule has 0 aliphatic carbocycles. The molecule has 0 aliphatic rings. The number of anilines is 1. The van der Waals surface area contributed by atoms with Gasteiger partial charge in [-0.15, -0.1) is 0 Å². The highest BCUT2D eigenvalue weighted by Crippen LogP contribution is 2.39. The van der Waals surface area contributed by atoms with Crippen molar-refractivity contribution in [3.63, 3.8) is 0 Å². The van der Waals surface area contributed by atoms with E-state index in [1.54, 1.807) is 12.1 Å². The minimum atomic E-state index is -0.297. The van der Waals surface area contributed by atoms with Crippen molar-refractivity contribution >= 4 is 23.2 Å². The van der Waals surface area contributed by atoms with Gasteiger partial charge < -0.3 is 19.5 Å². The van der Waals surface area contributed by atoms with Gasteiger partial charge in [-0.2, -0.15) is 0 Å². The van der Waals surface area contributed by atoms with Crippen LogP contribution in [0.4, 0.5) is 5.69 Å². The Morgan fingerprint density at radius 2 is 1.48 bits per heavy atom. The first-order chi connectivity index (χ1) is 12.9. The molecule has 2 aromatic rings. The monoisotopic (exact) mass is 391 g/mol. The average molecular weight is 392 g/mol. The summed E-state index contributed by atoms with van der Waals surface area (Å²) in [6.07, 6.45) is 0. The van der Waals surface area contributed by atoms with Crippen molar-refractivity contribution < 1.29 is 19.0 Å². The summed E-state index contributed by atoms with van der Waals surface area (Å²) in [4.78, 5) is 12.9. The van der Waals surface area contributed by atoms with E-state index in [-0.39, 0.29) is 5.91 Å². The molecule has 0 aromatic heterocycles. The number of hydrogen-bond donors (Lipinski definition) is 1. The number of amides is 1. The smallest absolute Gasteiger partial charge is 0.255 e. The fraction of sp³-hybridized carbons (Fsp3) is 0.381. The SMILES string of the molecule is CCOc1cc(C(=O)Nc2c(C)cc(C)cc2Cl)cc(OCC)c1OCC. The normalized spacial score (nSPS) is 10.4. The molecule has 0 aliphatic heterocycles. The van der Waals surface area contributed by atoms with E-state index in [0.717, 1.165) is 11.1 Å². The molecule has 6 heteroatoms. The second kappa shape index (κ2) is 9.51. The van der Waals surface area contributed by atoms with Gasteiger partial charge >= 0.3 is 0 Å². The fourth-order valence-corrected chi connectivity index (χ4v) is 3.15. The van der Waals surface area contributed by atoms with Crippen molar-refractivity contribution in [2.24, 2.45) is 0 Å². The highest BCUT2D eigenvalue weighted by atomic mass is 35.5. The number of rotatable bonds is 8. The molecule has 1 amide bonds. The van der Waals surface area contributed by atoms with Gasteiger partial charge in [0.05, 0.1) is 30.5 Å². The highest BCUT2D eigenvalue weighted by molar-refractivity contribution is 6.34. The third-order valence-electron chi connectivity index (χ3n) is 3.84. The number of halogens is 1. The first-order valence-corrected chi connectivity index (χ1v) is 9.43. The van der Waals surface area contributed by atoms with Crippen molar-refractivity contribution in [1.29, 1.82) is 0 Å². The lowest BCUT2D eigenvalue weighted by molar-refractivity contribution is 0.102. The largest absolute Gasteiger partial charge is 0.490 e. The standard InChI is InChI=1S/C21H26ClNO4/c1-6-25-17-11-15(12-18(26-7-2)20(17)27-8-3)21(24)23-19-14(5)9-13(4)10-16(19)22/h9-12H,6-8H2,1-5H3,(H,23,24). The molecule has 0 fully saturated rings. The maximum Gasteiger partial charge on any atom is 0.255 e. The Labute approximate surface area is 165 Å². The zero-order valence-electron chi connectivity index (χ0n) is 16.4. The van der Waals surface area contributed by atoms with Crippen LogP contribution in [0, 0.1) is 13.8 Å². The molecule has 2 rings (SSSR count). The van der Waals surface area contributed by atoms with E-state index < -0.39 is 0 Å². The van der Waals surface area contributed by atoms with Gasteiger partial charge in [0.2, 0.25) is 5.75 Å². The van der Waals surface area contributed by atoms with E-state index in [1.165, 1.54) is 0 Å². The third-order valence-corrected chi connectivity index (χ3v) is 4.14. The second-order valence-electron chi connectivity index (χ2n) is 5.99. The van der Waals surface area contributed by atoms with Crippen LogP contribution in [0.3, 0.4) is 0 Å². The maximum atomic E-state index is 12.9. The average Bonchev–Trinajstić information content (AvgIpc) is 2.60. The number of hydrogen-bond acceptors (Lipinski definition) is 4. The van der Waals surface area contributed by atoms with E-state index in [2.05, 4.69) is 5.32 Å². The van der Waals surface area contributed by atoms with Crippen molar-refractivity contribution in [3.05, 3.63) is 46.0 Å². The van der Waals surface area contributed by atoms with Crippen LogP contribution in [-0.2, 0) is 0 Å². The summed E-state index contributed by atoms with van der Waals surface area (Å²) in [6, 6.07) is 7.10. The van der Waals surface area contributed by atoms with Crippen LogP contribution >= 0.6 is 11.6 Å². The predicted octanol–water partition coefficient (Wildman–Crippen LogP) is 5.41. The molecule has 0 bridgehead atoms. The lowest BCUT2D eigenvalue weighted by Gasteiger charge is -2.17. The summed E-state index contributed by atoms with van der Waals surface area (Å²) >= 11 is 6.31. The van der Waals surface area contributed by atoms with Crippen LogP contribution in [0.2, 0.25) is 5.02 Å². The van der Waals surface area contributed by atoms with Gasteiger partial charge in [0.15, 0.2) is 11.5 Å². The number of carbonyl (C=O) groups is 1. The summed E-state index contributed by atoms with van der Waals surface area (Å²) in [5, 5.41) is 3.39. The summed E-state index contributed by atoms with van der Waals surface area (Å²) in [6.45, 7) is 10.8. The van der Waals surface area contributed by atoms with Crippen LogP contribution in [0.15, 0.2) is 24.3 Å². The molecule has 0 saturated heterocycles. The number of nitrogens with one attached hydrogen (secondary N) is 1. The lowest BCUT2D eigenvalue weighted by Crippen LogP contribution is -2.14. The van der Waals surface area contributed by atoms with Crippen molar-refractivity contribution in [2.75, 3.05) is 25.1 Å². The molecule has 27 heavy (non-hydrogen) atoms. The van der Waals surface area contributed by atoms with Crippen LogP contribution in [0.5, 0.6) is 17.2 Å². The lowest BCUT2D eigenvalue weighted by atomic mass is 10.1. The van der Waals surface area contributed by atoms with Crippen molar-refractivity contribution in [2.45, 2.75) is 34.6 Å². The Hall–Kier alpha value is -2.40. The van der Waals surface area contributed by atoms with Gasteiger partial charge in [-0.25, -0.2) is 0 Å². The van der Waals surface area contributed by atoms with Gasteiger partial charge in [0.25, 0.3) is 5.91 Å². The van der Waals surface area contributed by atoms with E-state index >= 15 is 0 Å². The molecule has 0 radical (unpaired) electrons. The van der Waals surface area contributed by atoms with Gasteiger partial charge in [0.1, 0.15) is 0 Å². The van der Waals surface area contributed by atoms with Crippen molar-refractivity contribution in [3.8, 4) is 17.2 Å². The predicted molar refractivity (Wildman–Crippen MR) is 109 cm³/mol. The summed E-state index contributed by atoms with van der Waals surface area (Å²) in [7, 11) is 0. The molecule has 0 spiro atoms. The molecule has 0 atom stereocenters. The Morgan fingerprint density at radius 1 is 0.926 bits per heavy atom. The molecule has 2 aromatic carbocycles. The Kier molecular flexibility index (Phi) is 7.36. The maximum absolute atomic E-state index is 12.9. The van der Waals surface area contributed by atoms with Gasteiger partial charge in [-0.05, 0) is 63.9 Å². The van der Waals surface area contributed by atoms with Gasteiger partial charge in [-0.3, -0.25) is 4.79 Å². The zero-order chi connectivity index (χ0) is 20.0. The summed E-state index contributed by atoms with van der Waals surface area (Å²) < 4.78 is 17.0. The summed E-state index contributed by atoms with van der Waals surface area (Å²) in [5.74, 6) is 1.15. The number of aryl methyl sites for hydroxylation is 2. The third kappa shape index (κ3) is 5.07. The Morgan fingerprint density at radius 3 is 1.96 bits per heavy atom. The minimum Gasteiger partial charge on any atom is -0.490 e. The van der Waals surface area contributed by atoms with Crippen LogP contribution < -0.4 is 19.5 Å². The van der Waals surface area contributed by atoms with Crippen LogP contribution in [-0.4, -0.2) is 25.7 Å². The molecular weight excluding hydrogens is 366 g/mol.